The molecule has 88 valence electrons. The van der Waals surface area contributed by atoms with E-state index in [0.29, 0.717) is 13.0 Å². The quantitative estimate of drug-likeness (QED) is 0.680. The van der Waals surface area contributed by atoms with Crippen LogP contribution in [-0.4, -0.2) is 33.3 Å². The fourth-order valence-electron chi connectivity index (χ4n) is 1.23. The van der Waals surface area contributed by atoms with E-state index in [4.69, 9.17) is 5.11 Å². The van der Waals surface area contributed by atoms with Crippen molar-refractivity contribution in [3.8, 4) is 0 Å². The van der Waals surface area contributed by atoms with E-state index in [1.165, 1.54) is 6.92 Å². The molecule has 1 aromatic rings. The van der Waals surface area contributed by atoms with Gasteiger partial charge >= 0.3 is 5.97 Å². The van der Waals surface area contributed by atoms with E-state index in [2.05, 4.69) is 10.4 Å². The SMILES string of the molecule is CC(C(=O)O)C(=O)NCCc1ccnn1C. The van der Waals surface area contributed by atoms with Gasteiger partial charge in [0.05, 0.1) is 0 Å². The molecule has 0 aliphatic carbocycles. The van der Waals surface area contributed by atoms with Crippen molar-refractivity contribution in [2.75, 3.05) is 6.54 Å². The summed E-state index contributed by atoms with van der Waals surface area (Å²) in [6, 6.07) is 1.85. The first kappa shape index (κ1) is 12.2. The van der Waals surface area contributed by atoms with Gasteiger partial charge in [-0.1, -0.05) is 0 Å². The van der Waals surface area contributed by atoms with E-state index < -0.39 is 17.8 Å². The Morgan fingerprint density at radius 2 is 2.31 bits per heavy atom. The van der Waals surface area contributed by atoms with Crippen molar-refractivity contribution in [2.45, 2.75) is 13.3 Å². The highest BCUT2D eigenvalue weighted by atomic mass is 16.4. The second-order valence-corrected chi connectivity index (χ2v) is 3.55. The molecular formula is C10H15N3O3. The summed E-state index contributed by atoms with van der Waals surface area (Å²) >= 11 is 0. The maximum Gasteiger partial charge on any atom is 0.315 e. The Balaban J connectivity index is 2.34. The summed E-state index contributed by atoms with van der Waals surface area (Å²) in [7, 11) is 1.82. The van der Waals surface area contributed by atoms with E-state index in [9.17, 15) is 9.59 Å². The minimum Gasteiger partial charge on any atom is -0.481 e. The fraction of sp³-hybridized carbons (Fsp3) is 0.500. The van der Waals surface area contributed by atoms with Crippen molar-refractivity contribution in [1.82, 2.24) is 15.1 Å². The van der Waals surface area contributed by atoms with Crippen molar-refractivity contribution in [2.24, 2.45) is 13.0 Å². The number of hydrogen-bond acceptors (Lipinski definition) is 3. The molecule has 0 bridgehead atoms. The average molecular weight is 225 g/mol. The lowest BCUT2D eigenvalue weighted by Crippen LogP contribution is -2.34. The van der Waals surface area contributed by atoms with Crippen LogP contribution in [0.15, 0.2) is 12.3 Å². The molecular weight excluding hydrogens is 210 g/mol. The van der Waals surface area contributed by atoms with Crippen molar-refractivity contribution in [1.29, 1.82) is 0 Å². The predicted octanol–water partition coefficient (Wildman–Crippen LogP) is -0.201. The zero-order valence-electron chi connectivity index (χ0n) is 9.30. The fourth-order valence-corrected chi connectivity index (χ4v) is 1.23. The third-order valence-electron chi connectivity index (χ3n) is 2.37. The molecule has 0 saturated carbocycles. The Morgan fingerprint density at radius 3 is 2.81 bits per heavy atom. The van der Waals surface area contributed by atoms with Crippen molar-refractivity contribution < 1.29 is 14.7 Å². The number of rotatable bonds is 5. The first-order valence-corrected chi connectivity index (χ1v) is 4.99. The topological polar surface area (TPSA) is 84.2 Å². The first-order chi connectivity index (χ1) is 7.52. The number of aryl methyl sites for hydroxylation is 1. The van der Waals surface area contributed by atoms with E-state index >= 15 is 0 Å². The third kappa shape index (κ3) is 3.08. The molecule has 1 atom stereocenters. The predicted molar refractivity (Wildman–Crippen MR) is 56.7 cm³/mol. The number of hydrogen-bond donors (Lipinski definition) is 2. The van der Waals surface area contributed by atoms with E-state index in [1.807, 2.05) is 13.1 Å². The van der Waals surface area contributed by atoms with Crippen molar-refractivity contribution >= 4 is 11.9 Å². The molecule has 0 saturated heterocycles. The molecule has 0 aliphatic heterocycles. The number of carbonyl (C=O) groups excluding carboxylic acids is 1. The highest BCUT2D eigenvalue weighted by Gasteiger charge is 2.19. The Kier molecular flexibility index (Phi) is 4.04. The van der Waals surface area contributed by atoms with Crippen LogP contribution in [0.25, 0.3) is 0 Å². The van der Waals surface area contributed by atoms with Crippen LogP contribution in [0.4, 0.5) is 0 Å². The zero-order chi connectivity index (χ0) is 12.1. The molecule has 6 nitrogen and oxygen atoms in total. The molecule has 0 spiro atoms. The van der Waals surface area contributed by atoms with Gasteiger partial charge in [0.2, 0.25) is 5.91 Å². The van der Waals surface area contributed by atoms with Gasteiger partial charge in [-0.25, -0.2) is 0 Å². The molecule has 2 N–H and O–H groups in total. The van der Waals surface area contributed by atoms with E-state index in [0.717, 1.165) is 5.69 Å². The van der Waals surface area contributed by atoms with Gasteiger partial charge in [-0.15, -0.1) is 0 Å². The minimum absolute atomic E-state index is 0.413. The molecule has 1 amide bonds. The van der Waals surface area contributed by atoms with Gasteiger partial charge in [-0.3, -0.25) is 14.3 Å². The zero-order valence-corrected chi connectivity index (χ0v) is 9.30. The molecule has 1 rings (SSSR count). The summed E-state index contributed by atoms with van der Waals surface area (Å²) in [5, 5.41) is 15.2. The maximum atomic E-state index is 11.3. The van der Waals surface area contributed by atoms with Gasteiger partial charge in [0.25, 0.3) is 0 Å². The molecule has 6 heteroatoms. The van der Waals surface area contributed by atoms with Crippen LogP contribution in [0.1, 0.15) is 12.6 Å². The lowest BCUT2D eigenvalue weighted by molar-refractivity contribution is -0.146. The standard InChI is InChI=1S/C10H15N3O3/c1-7(10(15)16)9(14)11-5-3-8-4-6-12-13(8)2/h4,6-7H,3,5H2,1-2H3,(H,11,14)(H,15,16). The average Bonchev–Trinajstić information content (AvgIpc) is 2.63. The van der Waals surface area contributed by atoms with Crippen LogP contribution >= 0.6 is 0 Å². The van der Waals surface area contributed by atoms with E-state index in [-0.39, 0.29) is 0 Å². The summed E-state index contributed by atoms with van der Waals surface area (Å²) in [5.41, 5.74) is 0.989. The van der Waals surface area contributed by atoms with Crippen LogP contribution in [0.3, 0.4) is 0 Å². The summed E-state index contributed by atoms with van der Waals surface area (Å²) in [4.78, 5) is 21.8. The number of amides is 1. The Bertz CT molecular complexity index is 386. The molecule has 0 aliphatic rings. The summed E-state index contributed by atoms with van der Waals surface area (Å²) in [5.74, 6) is -2.58. The van der Waals surface area contributed by atoms with Crippen molar-refractivity contribution in [3.05, 3.63) is 18.0 Å². The van der Waals surface area contributed by atoms with Crippen LogP contribution < -0.4 is 5.32 Å². The molecule has 16 heavy (non-hydrogen) atoms. The first-order valence-electron chi connectivity index (χ1n) is 4.99. The number of carboxylic acid groups (broad SMARTS) is 1. The summed E-state index contributed by atoms with van der Waals surface area (Å²) in [6.07, 6.45) is 2.31. The maximum absolute atomic E-state index is 11.3. The Labute approximate surface area is 93.3 Å². The highest BCUT2D eigenvalue weighted by molar-refractivity contribution is 5.96. The summed E-state index contributed by atoms with van der Waals surface area (Å²) in [6.45, 7) is 1.78. The number of aromatic nitrogens is 2. The van der Waals surface area contributed by atoms with Crippen LogP contribution in [0, 0.1) is 5.92 Å². The van der Waals surface area contributed by atoms with E-state index in [1.54, 1.807) is 10.9 Å². The van der Waals surface area contributed by atoms with Gasteiger partial charge in [-0.05, 0) is 13.0 Å². The second-order valence-electron chi connectivity index (χ2n) is 3.55. The normalized spacial score (nSPS) is 12.1. The largest absolute Gasteiger partial charge is 0.481 e. The number of nitrogens with one attached hydrogen (secondary N) is 1. The monoisotopic (exact) mass is 225 g/mol. The number of carbonyl (C=O) groups is 2. The van der Waals surface area contributed by atoms with Gasteiger partial charge in [0, 0.05) is 31.9 Å². The molecule has 0 aromatic carbocycles. The third-order valence-corrected chi connectivity index (χ3v) is 2.37. The van der Waals surface area contributed by atoms with Crippen LogP contribution in [-0.2, 0) is 23.1 Å². The molecule has 1 heterocycles. The minimum atomic E-state index is -1.11. The van der Waals surface area contributed by atoms with Gasteiger partial charge in [0.1, 0.15) is 5.92 Å². The Morgan fingerprint density at radius 1 is 1.62 bits per heavy atom. The van der Waals surface area contributed by atoms with Crippen LogP contribution in [0.2, 0.25) is 0 Å². The molecule has 1 aromatic heterocycles. The number of nitrogens with zero attached hydrogens (tertiary/aromatic N) is 2. The summed E-state index contributed by atoms with van der Waals surface area (Å²) < 4.78 is 1.72. The van der Waals surface area contributed by atoms with Gasteiger partial charge < -0.3 is 10.4 Å². The smallest absolute Gasteiger partial charge is 0.315 e. The lowest BCUT2D eigenvalue weighted by atomic mass is 10.1. The molecule has 0 fully saturated rings. The van der Waals surface area contributed by atoms with Gasteiger partial charge in [0.15, 0.2) is 0 Å². The highest BCUT2D eigenvalue weighted by Crippen LogP contribution is 1.98. The Hall–Kier alpha value is -1.85. The van der Waals surface area contributed by atoms with Gasteiger partial charge in [-0.2, -0.15) is 5.10 Å². The van der Waals surface area contributed by atoms with Crippen molar-refractivity contribution in [3.63, 3.8) is 0 Å². The number of aliphatic carboxylic acids is 1. The molecule has 1 unspecified atom stereocenters. The second kappa shape index (κ2) is 5.29. The lowest BCUT2D eigenvalue weighted by Gasteiger charge is -2.08. The number of carboxylic acids is 1. The molecule has 0 radical (unpaired) electrons. The van der Waals surface area contributed by atoms with Crippen LogP contribution in [0.5, 0.6) is 0 Å².